The third-order valence-corrected chi connectivity index (χ3v) is 7.35. The van der Waals surface area contributed by atoms with Gasteiger partial charge in [0.05, 0.1) is 0 Å². The van der Waals surface area contributed by atoms with E-state index in [-0.39, 0.29) is 22.4 Å². The summed E-state index contributed by atoms with van der Waals surface area (Å²) in [7, 11) is 0. The summed E-state index contributed by atoms with van der Waals surface area (Å²) in [6, 6.07) is 2.13. The van der Waals surface area contributed by atoms with E-state index in [0.717, 1.165) is 67.6 Å². The lowest BCUT2D eigenvalue weighted by molar-refractivity contribution is -0.132. The lowest BCUT2D eigenvalue weighted by Crippen LogP contribution is -2.30. The van der Waals surface area contributed by atoms with Gasteiger partial charge in [-0.05, 0) is 90.0 Å². The molecule has 0 radical (unpaired) electrons. The van der Waals surface area contributed by atoms with Crippen LogP contribution >= 0.6 is 0 Å². The minimum absolute atomic E-state index is 0.180. The van der Waals surface area contributed by atoms with E-state index in [0.29, 0.717) is 0 Å². The number of carbonyl (C=O) groups excluding carboxylic acids is 1. The Bertz CT molecular complexity index is 1080. The van der Waals surface area contributed by atoms with Gasteiger partial charge in [0.1, 0.15) is 17.1 Å². The van der Waals surface area contributed by atoms with Gasteiger partial charge >= 0.3 is 5.97 Å². The number of benzene rings is 1. The standard InChI is InChI=1S/C35H54O3/c1-24(2)16-13-17-25(3)18-14-19-26(4)20-15-21-35(12)23-28-30(38-35)22-29(33(6,7)8)32(37-27(5)36)31(28)34(9,10)11/h16,18,20,22H,13-15,17,19,21,23H2,1-12H3/b25-18+,26-20+. The van der Waals surface area contributed by atoms with E-state index in [9.17, 15) is 4.79 Å². The average Bonchev–Trinajstić information content (AvgIpc) is 3.06. The first-order chi connectivity index (χ1) is 17.4. The number of allylic oxidation sites excluding steroid dienone is 6. The maximum absolute atomic E-state index is 12.1. The van der Waals surface area contributed by atoms with Crippen molar-refractivity contribution in [3.05, 3.63) is 57.7 Å². The Labute approximate surface area is 233 Å². The van der Waals surface area contributed by atoms with Crippen LogP contribution in [-0.2, 0) is 22.0 Å². The van der Waals surface area contributed by atoms with E-state index < -0.39 is 0 Å². The van der Waals surface area contributed by atoms with Crippen LogP contribution in [0.15, 0.2) is 41.0 Å². The SMILES string of the molecule is CC(=O)Oc1c(C(C)(C)C)cc2c(c1C(C)(C)C)CC(C)(CC/C=C(\C)CC/C=C(\C)CCC=C(C)C)O2. The monoisotopic (exact) mass is 522 g/mol. The van der Waals surface area contributed by atoms with Crippen molar-refractivity contribution in [3.63, 3.8) is 0 Å². The summed E-state index contributed by atoms with van der Waals surface area (Å²) in [5.41, 5.74) is 7.02. The second kappa shape index (κ2) is 12.7. The van der Waals surface area contributed by atoms with Crippen molar-refractivity contribution in [1.82, 2.24) is 0 Å². The van der Waals surface area contributed by atoms with Crippen LogP contribution in [0.1, 0.15) is 138 Å². The van der Waals surface area contributed by atoms with Crippen LogP contribution < -0.4 is 9.47 Å². The zero-order valence-electron chi connectivity index (χ0n) is 26.5. The van der Waals surface area contributed by atoms with Gasteiger partial charge in [-0.15, -0.1) is 0 Å². The van der Waals surface area contributed by atoms with Crippen molar-refractivity contribution in [1.29, 1.82) is 0 Å². The van der Waals surface area contributed by atoms with E-state index in [2.05, 4.69) is 100 Å². The molecular formula is C35H54O3. The number of carbonyl (C=O) groups is 1. The molecule has 1 aromatic rings. The quantitative estimate of drug-likeness (QED) is 0.174. The molecule has 1 aliphatic rings. The number of rotatable bonds is 10. The van der Waals surface area contributed by atoms with Crippen LogP contribution in [0, 0.1) is 0 Å². The molecule has 3 nitrogen and oxygen atoms in total. The van der Waals surface area contributed by atoms with Crippen molar-refractivity contribution in [2.45, 2.75) is 144 Å². The van der Waals surface area contributed by atoms with Gasteiger partial charge < -0.3 is 9.47 Å². The van der Waals surface area contributed by atoms with Gasteiger partial charge in [0.15, 0.2) is 0 Å². The molecule has 0 aliphatic carbocycles. The maximum Gasteiger partial charge on any atom is 0.308 e. The molecule has 1 aromatic carbocycles. The zero-order valence-corrected chi connectivity index (χ0v) is 26.5. The minimum atomic E-state index is -0.277. The third kappa shape index (κ3) is 9.17. The second-order valence-corrected chi connectivity index (χ2v) is 13.9. The van der Waals surface area contributed by atoms with Crippen molar-refractivity contribution in [3.8, 4) is 11.5 Å². The van der Waals surface area contributed by atoms with E-state index in [1.807, 2.05) is 0 Å². The van der Waals surface area contributed by atoms with Gasteiger partial charge in [0.2, 0.25) is 0 Å². The summed E-state index contributed by atoms with van der Waals surface area (Å²) >= 11 is 0. The zero-order chi connectivity index (χ0) is 28.9. The molecule has 0 N–H and O–H groups in total. The van der Waals surface area contributed by atoms with Gasteiger partial charge in [-0.2, -0.15) is 0 Å². The topological polar surface area (TPSA) is 35.5 Å². The van der Waals surface area contributed by atoms with E-state index in [4.69, 9.17) is 9.47 Å². The fraction of sp³-hybridized carbons (Fsp3) is 0.629. The van der Waals surface area contributed by atoms with Crippen LogP contribution in [-0.4, -0.2) is 11.6 Å². The second-order valence-electron chi connectivity index (χ2n) is 13.9. The first-order valence-corrected chi connectivity index (χ1v) is 14.5. The normalized spacial score (nSPS) is 18.2. The fourth-order valence-electron chi connectivity index (χ4n) is 5.32. The Morgan fingerprint density at radius 3 is 1.95 bits per heavy atom. The van der Waals surface area contributed by atoms with Crippen molar-refractivity contribution in [2.75, 3.05) is 0 Å². The average molecular weight is 523 g/mol. The first kappa shape index (κ1) is 31.9. The maximum atomic E-state index is 12.1. The molecular weight excluding hydrogens is 468 g/mol. The molecule has 0 spiro atoms. The van der Waals surface area contributed by atoms with E-state index in [1.165, 1.54) is 29.2 Å². The summed E-state index contributed by atoms with van der Waals surface area (Å²) in [5.74, 6) is 1.40. The molecule has 38 heavy (non-hydrogen) atoms. The van der Waals surface area contributed by atoms with Crippen LogP contribution in [0.5, 0.6) is 11.5 Å². The Balaban J connectivity index is 2.16. The van der Waals surface area contributed by atoms with Crippen LogP contribution in [0.25, 0.3) is 0 Å². The van der Waals surface area contributed by atoms with Gasteiger partial charge in [-0.25, -0.2) is 0 Å². The molecule has 1 heterocycles. The van der Waals surface area contributed by atoms with E-state index in [1.54, 1.807) is 0 Å². The van der Waals surface area contributed by atoms with E-state index >= 15 is 0 Å². The molecule has 0 aromatic heterocycles. The Kier molecular flexibility index (Phi) is 10.7. The summed E-state index contributed by atoms with van der Waals surface area (Å²) < 4.78 is 12.6. The largest absolute Gasteiger partial charge is 0.487 e. The molecule has 2 rings (SSSR count). The molecule has 0 saturated heterocycles. The molecule has 0 bridgehead atoms. The number of hydrogen-bond acceptors (Lipinski definition) is 3. The number of esters is 1. The molecule has 1 atom stereocenters. The van der Waals surface area contributed by atoms with Gasteiger partial charge in [0.25, 0.3) is 0 Å². The smallest absolute Gasteiger partial charge is 0.308 e. The predicted octanol–water partition coefficient (Wildman–Crippen LogP) is 10.1. The molecule has 1 unspecified atom stereocenters. The lowest BCUT2D eigenvalue weighted by Gasteiger charge is -2.30. The number of fused-ring (bicyclic) bond motifs is 1. The lowest BCUT2D eigenvalue weighted by atomic mass is 9.75. The highest BCUT2D eigenvalue weighted by Crippen LogP contribution is 2.50. The number of hydrogen-bond donors (Lipinski definition) is 0. The van der Waals surface area contributed by atoms with Crippen molar-refractivity contribution >= 4 is 5.97 Å². The molecule has 0 amide bonds. The summed E-state index contributed by atoms with van der Waals surface area (Å²) in [6.07, 6.45) is 14.4. The highest BCUT2D eigenvalue weighted by Gasteiger charge is 2.41. The highest BCUT2D eigenvalue weighted by atomic mass is 16.5. The molecule has 1 aliphatic heterocycles. The van der Waals surface area contributed by atoms with Crippen molar-refractivity contribution in [2.24, 2.45) is 0 Å². The third-order valence-electron chi connectivity index (χ3n) is 7.35. The van der Waals surface area contributed by atoms with Crippen molar-refractivity contribution < 1.29 is 14.3 Å². The molecule has 212 valence electrons. The summed E-state index contributed by atoms with van der Waals surface area (Å²) in [6.45, 7) is 25.6. The summed E-state index contributed by atoms with van der Waals surface area (Å²) in [4.78, 5) is 12.1. The van der Waals surface area contributed by atoms with Gasteiger partial charge in [0, 0.05) is 30.0 Å². The van der Waals surface area contributed by atoms with Crippen LogP contribution in [0.3, 0.4) is 0 Å². The Hall–Kier alpha value is -2.29. The fourth-order valence-corrected chi connectivity index (χ4v) is 5.32. The van der Waals surface area contributed by atoms with Gasteiger partial charge in [-0.1, -0.05) is 76.5 Å². The minimum Gasteiger partial charge on any atom is -0.487 e. The van der Waals surface area contributed by atoms with Gasteiger partial charge in [-0.3, -0.25) is 4.79 Å². The Morgan fingerprint density at radius 2 is 1.45 bits per heavy atom. The highest BCUT2D eigenvalue weighted by molar-refractivity contribution is 5.72. The summed E-state index contributed by atoms with van der Waals surface area (Å²) in [5, 5.41) is 0. The predicted molar refractivity (Wildman–Crippen MR) is 163 cm³/mol. The molecule has 3 heteroatoms. The van der Waals surface area contributed by atoms with Crippen LogP contribution in [0.4, 0.5) is 0 Å². The molecule has 0 fully saturated rings. The first-order valence-electron chi connectivity index (χ1n) is 14.5. The Morgan fingerprint density at radius 1 is 0.895 bits per heavy atom. The molecule has 0 saturated carbocycles. The number of ether oxygens (including phenoxy) is 2. The van der Waals surface area contributed by atoms with Crippen LogP contribution in [0.2, 0.25) is 0 Å².